The van der Waals surface area contributed by atoms with Gasteiger partial charge in [0, 0.05) is 25.3 Å². The Balaban J connectivity index is 1.43. The highest BCUT2D eigenvalue weighted by atomic mass is 79.9. The minimum Gasteiger partial charge on any atom is -0.470 e. The lowest BCUT2D eigenvalue weighted by molar-refractivity contribution is 0.101. The van der Waals surface area contributed by atoms with Gasteiger partial charge in [0.15, 0.2) is 12.4 Å². The van der Waals surface area contributed by atoms with Crippen molar-refractivity contribution in [1.29, 1.82) is 0 Å². The molecule has 3 heterocycles. The molecular formula is C21H20BrClN8O3. The maximum absolute atomic E-state index is 12.9. The fourth-order valence-corrected chi connectivity index (χ4v) is 3.87. The summed E-state index contributed by atoms with van der Waals surface area (Å²) in [5.74, 6) is -0.342. The van der Waals surface area contributed by atoms with Gasteiger partial charge in [0.2, 0.25) is 0 Å². The number of nitrogens with zero attached hydrogens (tertiary/aromatic N) is 6. The second-order valence-electron chi connectivity index (χ2n) is 7.29. The third-order valence-corrected chi connectivity index (χ3v) is 5.86. The minimum absolute atomic E-state index is 0.0819. The molecule has 11 nitrogen and oxygen atoms in total. The number of carbonyl (C=O) groups is 2. The first-order chi connectivity index (χ1) is 16.2. The van der Waals surface area contributed by atoms with Gasteiger partial charge in [-0.05, 0) is 47.1 Å². The smallest absolute Gasteiger partial charge is 0.276 e. The van der Waals surface area contributed by atoms with Gasteiger partial charge < -0.3 is 15.4 Å². The summed E-state index contributed by atoms with van der Waals surface area (Å²) in [5.41, 5.74) is 1.95. The monoisotopic (exact) mass is 546 g/mol. The van der Waals surface area contributed by atoms with Crippen molar-refractivity contribution < 1.29 is 14.3 Å². The molecule has 3 aromatic heterocycles. The van der Waals surface area contributed by atoms with Gasteiger partial charge in [0.25, 0.3) is 11.8 Å². The highest BCUT2D eigenvalue weighted by Crippen LogP contribution is 2.28. The Bertz CT molecular complexity index is 1380. The maximum Gasteiger partial charge on any atom is 0.276 e. The molecule has 34 heavy (non-hydrogen) atoms. The fourth-order valence-electron chi connectivity index (χ4n) is 3.07. The molecule has 4 rings (SSSR count). The maximum atomic E-state index is 12.9. The molecule has 0 atom stereocenters. The van der Waals surface area contributed by atoms with E-state index in [1.54, 1.807) is 55.4 Å². The zero-order chi connectivity index (χ0) is 24.4. The Kier molecular flexibility index (Phi) is 6.70. The van der Waals surface area contributed by atoms with Crippen LogP contribution < -0.4 is 15.4 Å². The summed E-state index contributed by atoms with van der Waals surface area (Å²) in [6.45, 7) is 1.92. The van der Waals surface area contributed by atoms with Gasteiger partial charge >= 0.3 is 0 Å². The van der Waals surface area contributed by atoms with Crippen LogP contribution in [0.3, 0.4) is 0 Å². The molecule has 0 aliphatic heterocycles. The molecule has 4 aromatic rings. The zero-order valence-corrected chi connectivity index (χ0v) is 20.8. The second-order valence-corrected chi connectivity index (χ2v) is 8.59. The van der Waals surface area contributed by atoms with E-state index in [-0.39, 0.29) is 23.8 Å². The molecule has 0 radical (unpaired) electrons. The third kappa shape index (κ3) is 4.97. The molecule has 13 heteroatoms. The van der Waals surface area contributed by atoms with Crippen LogP contribution in [0.15, 0.2) is 47.3 Å². The highest BCUT2D eigenvalue weighted by molar-refractivity contribution is 9.10. The Morgan fingerprint density at radius 2 is 1.76 bits per heavy atom. The van der Waals surface area contributed by atoms with Crippen LogP contribution in [0.25, 0.3) is 0 Å². The first-order valence-corrected chi connectivity index (χ1v) is 11.1. The van der Waals surface area contributed by atoms with Crippen LogP contribution in [0.2, 0.25) is 5.02 Å². The van der Waals surface area contributed by atoms with Crippen molar-refractivity contribution in [2.45, 2.75) is 13.7 Å². The summed E-state index contributed by atoms with van der Waals surface area (Å²) in [6, 6.07) is 6.70. The average Bonchev–Trinajstić information content (AvgIpc) is 3.49. The molecule has 0 saturated heterocycles. The molecule has 0 aliphatic rings. The van der Waals surface area contributed by atoms with E-state index in [0.29, 0.717) is 20.9 Å². The molecule has 0 bridgehead atoms. The van der Waals surface area contributed by atoms with Crippen molar-refractivity contribution in [3.05, 3.63) is 69.4 Å². The van der Waals surface area contributed by atoms with Gasteiger partial charge in [-0.3, -0.25) is 19.0 Å². The number of hydrogen-bond acceptors (Lipinski definition) is 6. The Morgan fingerprint density at radius 1 is 1.06 bits per heavy atom. The number of halogens is 2. The van der Waals surface area contributed by atoms with Crippen LogP contribution in [0.4, 0.5) is 11.4 Å². The number of aryl methyl sites for hydroxylation is 2. The van der Waals surface area contributed by atoms with E-state index in [4.69, 9.17) is 16.3 Å². The SMILES string of the molecule is Cc1c(NC(=O)c2c(NC(=O)c3ccn(COc4ccc(Cl)cc4Br)n3)cnn2C)cnn1C. The topological polar surface area (TPSA) is 121 Å². The van der Waals surface area contributed by atoms with Gasteiger partial charge in [0.05, 0.1) is 33.9 Å². The number of carbonyl (C=O) groups excluding carboxylic acids is 2. The number of benzene rings is 1. The number of amides is 2. The van der Waals surface area contributed by atoms with Gasteiger partial charge in [-0.1, -0.05) is 11.6 Å². The summed E-state index contributed by atoms with van der Waals surface area (Å²) < 4.78 is 10.9. The van der Waals surface area contributed by atoms with E-state index >= 15 is 0 Å². The highest BCUT2D eigenvalue weighted by Gasteiger charge is 2.21. The number of rotatable bonds is 7. The quantitative estimate of drug-likeness (QED) is 0.365. The molecule has 0 saturated carbocycles. The first kappa shape index (κ1) is 23.5. The lowest BCUT2D eigenvalue weighted by atomic mass is 10.3. The van der Waals surface area contributed by atoms with Crippen LogP contribution >= 0.6 is 27.5 Å². The van der Waals surface area contributed by atoms with Crippen LogP contribution in [-0.2, 0) is 20.8 Å². The summed E-state index contributed by atoms with van der Waals surface area (Å²) in [6.07, 6.45) is 4.57. The van der Waals surface area contributed by atoms with Crippen LogP contribution in [0, 0.1) is 6.92 Å². The summed E-state index contributed by atoms with van der Waals surface area (Å²) in [5, 5.41) is 18.5. The van der Waals surface area contributed by atoms with Gasteiger partial charge in [-0.15, -0.1) is 0 Å². The third-order valence-electron chi connectivity index (χ3n) is 5.01. The fraction of sp³-hybridized carbons (Fsp3) is 0.190. The van der Waals surface area contributed by atoms with Crippen LogP contribution in [-0.4, -0.2) is 41.2 Å². The molecule has 1 aromatic carbocycles. The number of nitrogens with one attached hydrogen (secondary N) is 2. The van der Waals surface area contributed by atoms with Crippen molar-refractivity contribution in [2.24, 2.45) is 14.1 Å². The van der Waals surface area contributed by atoms with Gasteiger partial charge in [-0.25, -0.2) is 4.68 Å². The predicted molar refractivity (Wildman–Crippen MR) is 129 cm³/mol. The van der Waals surface area contributed by atoms with Crippen molar-refractivity contribution in [1.82, 2.24) is 29.3 Å². The minimum atomic E-state index is -0.494. The van der Waals surface area contributed by atoms with E-state index in [2.05, 4.69) is 41.9 Å². The van der Waals surface area contributed by atoms with Gasteiger partial charge in [-0.2, -0.15) is 15.3 Å². The number of aromatic nitrogens is 6. The average molecular weight is 548 g/mol. The lowest BCUT2D eigenvalue weighted by Crippen LogP contribution is -2.21. The molecule has 0 aliphatic carbocycles. The molecule has 0 fully saturated rings. The predicted octanol–water partition coefficient (Wildman–Crippen LogP) is 3.62. The van der Waals surface area contributed by atoms with Crippen molar-refractivity contribution in [3.8, 4) is 5.75 Å². The van der Waals surface area contributed by atoms with Crippen molar-refractivity contribution in [2.75, 3.05) is 10.6 Å². The summed E-state index contributed by atoms with van der Waals surface area (Å²) in [4.78, 5) is 25.6. The van der Waals surface area contributed by atoms with Gasteiger partial charge in [0.1, 0.15) is 11.4 Å². The van der Waals surface area contributed by atoms with E-state index in [0.717, 1.165) is 5.69 Å². The summed E-state index contributed by atoms with van der Waals surface area (Å²) >= 11 is 9.32. The lowest BCUT2D eigenvalue weighted by Gasteiger charge is -2.09. The standard InChI is InChI=1S/C21H20BrClN8O3/c1-12-16(9-24-29(12)2)26-21(33)19-17(10-25-30(19)3)27-20(32)15-6-7-31(28-15)11-34-18-5-4-13(23)8-14(18)22/h4-10H,11H2,1-3H3,(H,26,33)(H,27,32). The Labute approximate surface area is 207 Å². The summed E-state index contributed by atoms with van der Waals surface area (Å²) in [7, 11) is 3.39. The largest absolute Gasteiger partial charge is 0.470 e. The van der Waals surface area contributed by atoms with E-state index in [9.17, 15) is 9.59 Å². The number of anilines is 2. The number of hydrogen-bond donors (Lipinski definition) is 2. The van der Waals surface area contributed by atoms with E-state index < -0.39 is 11.8 Å². The Hall–Kier alpha value is -3.64. The molecule has 0 unspecified atom stereocenters. The molecule has 2 amide bonds. The van der Waals surface area contributed by atoms with Crippen LogP contribution in [0.5, 0.6) is 5.75 Å². The van der Waals surface area contributed by atoms with E-state index in [1.165, 1.54) is 15.6 Å². The molecule has 0 spiro atoms. The van der Waals surface area contributed by atoms with Crippen molar-refractivity contribution >= 4 is 50.7 Å². The first-order valence-electron chi connectivity index (χ1n) is 9.97. The number of ether oxygens (including phenoxy) is 1. The normalized spacial score (nSPS) is 10.9. The molecule has 176 valence electrons. The van der Waals surface area contributed by atoms with E-state index in [1.807, 2.05) is 6.92 Å². The Morgan fingerprint density at radius 3 is 2.47 bits per heavy atom. The van der Waals surface area contributed by atoms with Crippen LogP contribution in [0.1, 0.15) is 26.7 Å². The molecule has 2 N–H and O–H groups in total. The molecular weight excluding hydrogens is 528 g/mol. The second kappa shape index (κ2) is 9.69. The van der Waals surface area contributed by atoms with Crippen molar-refractivity contribution in [3.63, 3.8) is 0 Å². The zero-order valence-electron chi connectivity index (χ0n) is 18.4.